The molecule has 0 aliphatic carbocycles. The zero-order valence-corrected chi connectivity index (χ0v) is 14.8. The van der Waals surface area contributed by atoms with Gasteiger partial charge in [0.2, 0.25) is 10.0 Å². The lowest BCUT2D eigenvalue weighted by Crippen LogP contribution is -2.32. The first kappa shape index (κ1) is 18.0. The van der Waals surface area contributed by atoms with Gasteiger partial charge < -0.3 is 4.74 Å². The summed E-state index contributed by atoms with van der Waals surface area (Å²) in [5.74, 6) is -0.332. The van der Waals surface area contributed by atoms with Gasteiger partial charge in [-0.1, -0.05) is 25.5 Å². The lowest BCUT2D eigenvalue weighted by molar-refractivity contribution is 0.0972. The molecule has 1 heterocycles. The van der Waals surface area contributed by atoms with Crippen molar-refractivity contribution in [2.75, 3.05) is 7.11 Å². The zero-order chi connectivity index (χ0) is 17.7. The Morgan fingerprint density at radius 2 is 1.96 bits per heavy atom. The monoisotopic (exact) mass is 351 g/mol. The Labute approximate surface area is 141 Å². The van der Waals surface area contributed by atoms with Gasteiger partial charge in [0.25, 0.3) is 5.91 Å². The normalized spacial score (nSPS) is 11.3. The molecule has 0 bridgehead atoms. The van der Waals surface area contributed by atoms with E-state index in [1.165, 1.54) is 11.8 Å². The highest BCUT2D eigenvalue weighted by Gasteiger charge is 2.20. The molecule has 0 fully saturated rings. The van der Waals surface area contributed by atoms with Crippen LogP contribution >= 0.6 is 0 Å². The lowest BCUT2D eigenvalue weighted by Gasteiger charge is -2.07. The minimum absolute atomic E-state index is 0.219. The van der Waals surface area contributed by atoms with Crippen molar-refractivity contribution in [3.05, 3.63) is 47.3 Å². The van der Waals surface area contributed by atoms with Gasteiger partial charge in [-0.25, -0.2) is 13.1 Å². The first-order valence-electron chi connectivity index (χ1n) is 7.55. The number of nitrogens with zero attached hydrogens (tertiary/aromatic N) is 2. The predicted molar refractivity (Wildman–Crippen MR) is 90.3 cm³/mol. The maximum atomic E-state index is 12.2. The quantitative estimate of drug-likeness (QED) is 0.819. The number of sulfonamides is 1. The van der Waals surface area contributed by atoms with Gasteiger partial charge in [0.1, 0.15) is 11.4 Å². The standard InChI is InChI=1S/C16H21N3O4S/c1-4-5-13-10-15(19(2)17-13)16(20)18-24(21,22)11-12-6-8-14(23-3)9-7-12/h6-10H,4-5,11H2,1-3H3,(H,18,20). The lowest BCUT2D eigenvalue weighted by atomic mass is 10.2. The summed E-state index contributed by atoms with van der Waals surface area (Å²) < 4.78 is 32.9. The molecule has 0 spiro atoms. The molecule has 0 aliphatic rings. The average molecular weight is 351 g/mol. The van der Waals surface area contributed by atoms with Gasteiger partial charge in [0, 0.05) is 7.05 Å². The van der Waals surface area contributed by atoms with Crippen LogP contribution in [-0.2, 0) is 29.2 Å². The maximum Gasteiger partial charge on any atom is 0.282 e. The number of carbonyl (C=O) groups is 1. The number of benzene rings is 1. The second-order valence-corrected chi connectivity index (χ2v) is 7.16. The van der Waals surface area contributed by atoms with Gasteiger partial charge in [0.15, 0.2) is 0 Å². The SMILES string of the molecule is CCCc1cc(C(=O)NS(=O)(=O)Cc2ccc(OC)cc2)n(C)n1. The first-order valence-corrected chi connectivity index (χ1v) is 9.20. The third-order valence-electron chi connectivity index (χ3n) is 3.43. The molecule has 1 aromatic carbocycles. The van der Waals surface area contributed by atoms with E-state index in [1.54, 1.807) is 37.4 Å². The topological polar surface area (TPSA) is 90.3 Å². The molecular weight excluding hydrogens is 330 g/mol. The molecule has 8 heteroatoms. The zero-order valence-electron chi connectivity index (χ0n) is 13.9. The smallest absolute Gasteiger partial charge is 0.282 e. The van der Waals surface area contributed by atoms with Crippen molar-refractivity contribution in [1.82, 2.24) is 14.5 Å². The first-order chi connectivity index (χ1) is 11.3. The van der Waals surface area contributed by atoms with Crippen molar-refractivity contribution in [2.45, 2.75) is 25.5 Å². The Morgan fingerprint density at radius 3 is 2.54 bits per heavy atom. The van der Waals surface area contributed by atoms with E-state index in [1.807, 2.05) is 6.92 Å². The number of aryl methyl sites for hydroxylation is 2. The van der Waals surface area contributed by atoms with Crippen LogP contribution in [0.3, 0.4) is 0 Å². The van der Waals surface area contributed by atoms with E-state index in [0.29, 0.717) is 11.3 Å². The minimum atomic E-state index is -3.80. The van der Waals surface area contributed by atoms with E-state index in [-0.39, 0.29) is 11.4 Å². The van der Waals surface area contributed by atoms with Crippen LogP contribution in [0.15, 0.2) is 30.3 Å². The summed E-state index contributed by atoms with van der Waals surface area (Å²) >= 11 is 0. The van der Waals surface area contributed by atoms with Crippen LogP contribution in [-0.4, -0.2) is 31.2 Å². The van der Waals surface area contributed by atoms with Crippen LogP contribution in [0.5, 0.6) is 5.75 Å². The molecule has 0 aliphatic heterocycles. The molecule has 0 unspecified atom stereocenters. The van der Waals surface area contributed by atoms with Crippen molar-refractivity contribution in [1.29, 1.82) is 0 Å². The second-order valence-electron chi connectivity index (χ2n) is 5.43. The van der Waals surface area contributed by atoms with Crippen LogP contribution in [0.4, 0.5) is 0 Å². The highest BCUT2D eigenvalue weighted by Crippen LogP contribution is 2.13. The molecule has 2 aromatic rings. The number of hydrogen-bond acceptors (Lipinski definition) is 5. The number of methoxy groups -OCH3 is 1. The van der Waals surface area contributed by atoms with Crippen molar-refractivity contribution in [3.63, 3.8) is 0 Å². The Hall–Kier alpha value is -2.35. The van der Waals surface area contributed by atoms with Crippen LogP contribution in [0, 0.1) is 0 Å². The van der Waals surface area contributed by atoms with E-state index >= 15 is 0 Å². The largest absolute Gasteiger partial charge is 0.497 e. The molecule has 0 saturated carbocycles. The van der Waals surface area contributed by atoms with Gasteiger partial charge in [-0.2, -0.15) is 5.10 Å². The van der Waals surface area contributed by atoms with E-state index < -0.39 is 15.9 Å². The Balaban J connectivity index is 2.08. The van der Waals surface area contributed by atoms with Gasteiger partial charge in [-0.3, -0.25) is 9.48 Å². The molecule has 2 rings (SSSR count). The van der Waals surface area contributed by atoms with Crippen molar-refractivity contribution < 1.29 is 17.9 Å². The van der Waals surface area contributed by atoms with Crippen LogP contribution in [0.2, 0.25) is 0 Å². The molecular formula is C16H21N3O4S. The summed E-state index contributed by atoms with van der Waals surface area (Å²) in [5, 5.41) is 4.20. The van der Waals surface area contributed by atoms with Crippen molar-refractivity contribution >= 4 is 15.9 Å². The highest BCUT2D eigenvalue weighted by atomic mass is 32.2. The summed E-state index contributed by atoms with van der Waals surface area (Å²) in [5.41, 5.74) is 1.54. The molecule has 1 N–H and O–H groups in total. The fourth-order valence-electron chi connectivity index (χ4n) is 2.29. The van der Waals surface area contributed by atoms with E-state index in [4.69, 9.17) is 4.74 Å². The Kier molecular flexibility index (Phi) is 5.61. The van der Waals surface area contributed by atoms with Crippen LogP contribution < -0.4 is 9.46 Å². The van der Waals surface area contributed by atoms with Gasteiger partial charge in [-0.15, -0.1) is 0 Å². The summed E-state index contributed by atoms with van der Waals surface area (Å²) in [6, 6.07) is 8.25. The van der Waals surface area contributed by atoms with Crippen LogP contribution in [0.1, 0.15) is 35.1 Å². The fraction of sp³-hybridized carbons (Fsp3) is 0.375. The molecule has 24 heavy (non-hydrogen) atoms. The Morgan fingerprint density at radius 1 is 1.29 bits per heavy atom. The van der Waals surface area contributed by atoms with Crippen molar-refractivity contribution in [3.8, 4) is 5.75 Å². The van der Waals surface area contributed by atoms with Crippen LogP contribution in [0.25, 0.3) is 0 Å². The second kappa shape index (κ2) is 7.48. The van der Waals surface area contributed by atoms with E-state index in [2.05, 4.69) is 9.82 Å². The van der Waals surface area contributed by atoms with Gasteiger partial charge in [0.05, 0.1) is 18.6 Å². The maximum absolute atomic E-state index is 12.2. The number of nitrogens with one attached hydrogen (secondary N) is 1. The third kappa shape index (κ3) is 4.58. The minimum Gasteiger partial charge on any atom is -0.497 e. The number of ether oxygens (including phenoxy) is 1. The van der Waals surface area contributed by atoms with Gasteiger partial charge >= 0.3 is 0 Å². The summed E-state index contributed by atoms with van der Waals surface area (Å²) in [6.45, 7) is 2.01. The van der Waals surface area contributed by atoms with E-state index in [0.717, 1.165) is 18.5 Å². The number of rotatable bonds is 7. The molecule has 1 amide bonds. The summed E-state index contributed by atoms with van der Waals surface area (Å²) in [7, 11) is -0.653. The predicted octanol–water partition coefficient (Wildman–Crippen LogP) is 1.64. The summed E-state index contributed by atoms with van der Waals surface area (Å²) in [4.78, 5) is 12.2. The van der Waals surface area contributed by atoms with Gasteiger partial charge in [-0.05, 0) is 30.2 Å². The average Bonchev–Trinajstić information content (AvgIpc) is 2.88. The number of aromatic nitrogens is 2. The highest BCUT2D eigenvalue weighted by molar-refractivity contribution is 7.89. The third-order valence-corrected chi connectivity index (χ3v) is 4.64. The Bertz CT molecular complexity index is 810. The number of hydrogen-bond donors (Lipinski definition) is 1. The molecule has 0 radical (unpaired) electrons. The summed E-state index contributed by atoms with van der Waals surface area (Å²) in [6.07, 6.45) is 1.63. The molecule has 1 aromatic heterocycles. The molecule has 130 valence electrons. The van der Waals surface area contributed by atoms with E-state index in [9.17, 15) is 13.2 Å². The number of amides is 1. The van der Waals surface area contributed by atoms with Crippen molar-refractivity contribution in [2.24, 2.45) is 7.05 Å². The molecule has 0 saturated heterocycles. The molecule has 7 nitrogen and oxygen atoms in total. The number of carbonyl (C=O) groups excluding carboxylic acids is 1. The molecule has 0 atom stereocenters. The fourth-order valence-corrected chi connectivity index (χ4v) is 3.38.